The number of aromatic nitrogens is 4. The molecule has 1 amide bonds. The van der Waals surface area contributed by atoms with E-state index in [2.05, 4.69) is 57.2 Å². The smallest absolute Gasteiger partial charge is 0.227 e. The van der Waals surface area contributed by atoms with Crippen molar-refractivity contribution in [2.45, 2.75) is 25.7 Å². The Hall–Kier alpha value is -3.47. The monoisotopic (exact) mass is 856 g/mol. The molecule has 0 bridgehead atoms. The van der Waals surface area contributed by atoms with Gasteiger partial charge in [-0.2, -0.15) is 10.2 Å². The molecule has 4 heterocycles. The van der Waals surface area contributed by atoms with E-state index in [-0.39, 0.29) is 11.8 Å². The first-order valence-corrected chi connectivity index (χ1v) is 19.9. The number of halogens is 2. The van der Waals surface area contributed by atoms with E-state index >= 15 is 0 Å². The maximum Gasteiger partial charge on any atom is 0.227 e. The third kappa shape index (κ3) is 10.6. The van der Waals surface area contributed by atoms with Crippen LogP contribution in [0.15, 0.2) is 57.7 Å². The molecule has 53 heavy (non-hydrogen) atoms. The van der Waals surface area contributed by atoms with Crippen LogP contribution in [-0.4, -0.2) is 114 Å². The topological polar surface area (TPSA) is 134 Å². The van der Waals surface area contributed by atoms with Crippen LogP contribution < -0.4 is 20.5 Å². The van der Waals surface area contributed by atoms with Crippen LogP contribution in [0.3, 0.4) is 0 Å². The number of nitrogens with two attached hydrogens (primary N) is 1. The zero-order valence-corrected chi connectivity index (χ0v) is 33.7. The van der Waals surface area contributed by atoms with Crippen LogP contribution in [0, 0.1) is 5.92 Å². The lowest BCUT2D eigenvalue weighted by Crippen LogP contribution is -2.38. The number of amides is 1. The molecule has 4 aromatic rings. The highest BCUT2D eigenvalue weighted by molar-refractivity contribution is 9.11. The largest absolute Gasteiger partial charge is 0.492 e. The number of nitrogen functional groups attached to an aromatic ring is 1. The number of nitrogens with one attached hydrogen (secondary N) is 1. The van der Waals surface area contributed by atoms with Crippen LogP contribution in [0.4, 0.5) is 11.4 Å². The predicted molar refractivity (Wildman–Crippen MR) is 213 cm³/mol. The van der Waals surface area contributed by atoms with Crippen molar-refractivity contribution in [1.29, 1.82) is 0 Å². The van der Waals surface area contributed by atoms with Gasteiger partial charge in [-0.3, -0.25) is 24.0 Å². The summed E-state index contributed by atoms with van der Waals surface area (Å²) in [6.45, 7) is 9.94. The zero-order chi connectivity index (χ0) is 37.2. The lowest BCUT2D eigenvalue weighted by molar-refractivity contribution is -0.119. The number of ether oxygens (including phenoxy) is 4. The van der Waals surface area contributed by atoms with E-state index < -0.39 is 0 Å². The van der Waals surface area contributed by atoms with Gasteiger partial charge in [-0.25, -0.2) is 0 Å². The van der Waals surface area contributed by atoms with Crippen LogP contribution in [0.25, 0.3) is 22.5 Å². The predicted octanol–water partition coefficient (Wildman–Crippen LogP) is 5.83. The maximum absolute atomic E-state index is 12.6. The Kier molecular flexibility index (Phi) is 14.2. The second-order valence-electron chi connectivity index (χ2n) is 13.5. The molecule has 2 saturated heterocycles. The van der Waals surface area contributed by atoms with E-state index in [4.69, 9.17) is 24.7 Å². The van der Waals surface area contributed by atoms with E-state index in [1.807, 2.05) is 59.9 Å². The Balaban J connectivity index is 0.000000188. The van der Waals surface area contributed by atoms with Gasteiger partial charge in [0.05, 0.1) is 59.2 Å². The van der Waals surface area contributed by atoms with Crippen molar-refractivity contribution in [1.82, 2.24) is 29.4 Å². The van der Waals surface area contributed by atoms with Gasteiger partial charge in [0.2, 0.25) is 5.91 Å². The van der Waals surface area contributed by atoms with Gasteiger partial charge in [0.1, 0.15) is 24.7 Å². The summed E-state index contributed by atoms with van der Waals surface area (Å²) in [7, 11) is 3.81. The molecule has 3 N–H and O–H groups in total. The fraction of sp³-hybridized carbons (Fsp3) is 0.500. The van der Waals surface area contributed by atoms with Crippen LogP contribution >= 0.6 is 31.9 Å². The summed E-state index contributed by atoms with van der Waals surface area (Å²) in [6, 6.07) is 11.6. The van der Waals surface area contributed by atoms with Crippen LogP contribution in [0.1, 0.15) is 25.7 Å². The highest BCUT2D eigenvalue weighted by atomic mass is 79.9. The first kappa shape index (κ1) is 39.2. The second kappa shape index (κ2) is 19.2. The second-order valence-corrected chi connectivity index (χ2v) is 15.2. The Morgan fingerprint density at radius 2 is 1.28 bits per heavy atom. The standard InChI is InChI=1S/C22H29BrN4O3.C16H21BrN4O2/c1-26-21(19(23)15-24-26)18-14-17(25-22(28)16-4-2-3-5-16)6-7-20(18)30-13-10-27-8-11-29-12-9-27;1-20-16(14(17)11-19-20)13-10-12(18)2-3-15(13)23-9-6-21-4-7-22-8-5-21/h6-7,14-16H,2-5,8-13H2,1H3,(H,25,28);2-3,10-11H,4-9,18H2,1H3. The van der Waals surface area contributed by atoms with Gasteiger partial charge in [-0.05, 0) is 81.1 Å². The summed E-state index contributed by atoms with van der Waals surface area (Å²) in [5, 5.41) is 11.7. The summed E-state index contributed by atoms with van der Waals surface area (Å²) >= 11 is 7.14. The van der Waals surface area contributed by atoms with Gasteiger partial charge in [-0.15, -0.1) is 0 Å². The number of nitrogens with zero attached hydrogens (tertiary/aromatic N) is 6. The Morgan fingerprint density at radius 1 is 0.792 bits per heavy atom. The van der Waals surface area contributed by atoms with Gasteiger partial charge in [0.25, 0.3) is 0 Å². The number of aryl methyl sites for hydroxylation is 2. The molecule has 15 heteroatoms. The molecular weight excluding hydrogens is 808 g/mol. The van der Waals surface area contributed by atoms with Crippen molar-refractivity contribution in [2.75, 3.05) is 90.0 Å². The Morgan fingerprint density at radius 3 is 1.77 bits per heavy atom. The van der Waals surface area contributed by atoms with E-state index in [1.54, 1.807) is 12.4 Å². The average molecular weight is 859 g/mol. The highest BCUT2D eigenvalue weighted by Gasteiger charge is 2.24. The number of carbonyl (C=O) groups excluding carboxylic acids is 1. The lowest BCUT2D eigenvalue weighted by atomic mass is 10.1. The van der Waals surface area contributed by atoms with E-state index in [0.29, 0.717) is 18.9 Å². The fourth-order valence-corrected chi connectivity index (χ4v) is 7.98. The molecule has 13 nitrogen and oxygen atoms in total. The number of hydrogen-bond donors (Lipinski definition) is 2. The van der Waals surface area contributed by atoms with Crippen LogP contribution in [0.5, 0.6) is 11.5 Å². The summed E-state index contributed by atoms with van der Waals surface area (Å²) in [4.78, 5) is 17.3. The van der Waals surface area contributed by atoms with Gasteiger partial charge >= 0.3 is 0 Å². The number of rotatable bonds is 12. The van der Waals surface area contributed by atoms with E-state index in [9.17, 15) is 4.79 Å². The number of morpholine rings is 2. The molecule has 3 aliphatic rings. The summed E-state index contributed by atoms with van der Waals surface area (Å²) in [6.07, 6.45) is 7.79. The van der Waals surface area contributed by atoms with Crippen molar-refractivity contribution in [3.05, 3.63) is 57.7 Å². The van der Waals surface area contributed by atoms with E-state index in [1.165, 1.54) is 0 Å². The number of carbonyl (C=O) groups is 1. The normalized spacial score (nSPS) is 17.0. The van der Waals surface area contributed by atoms with Crippen LogP contribution in [0.2, 0.25) is 0 Å². The first-order chi connectivity index (χ1) is 25.8. The molecule has 0 atom stereocenters. The van der Waals surface area contributed by atoms with Crippen molar-refractivity contribution in [3.8, 4) is 34.0 Å². The summed E-state index contributed by atoms with van der Waals surface area (Å²) in [5.41, 5.74) is 11.2. The minimum absolute atomic E-state index is 0.114. The Bertz CT molecular complexity index is 1760. The molecule has 0 spiro atoms. The zero-order valence-electron chi connectivity index (χ0n) is 30.6. The molecule has 7 rings (SSSR count). The van der Waals surface area contributed by atoms with Gasteiger partial charge in [0.15, 0.2) is 0 Å². The molecule has 1 aliphatic carbocycles. The molecule has 0 unspecified atom stereocenters. The van der Waals surface area contributed by atoms with Gasteiger partial charge < -0.3 is 30.0 Å². The SMILES string of the molecule is Cn1ncc(Br)c1-c1cc(N)ccc1OCCN1CCOCC1.Cn1ncc(Br)c1-c1cc(NC(=O)C2CCCC2)ccc1OCCN1CCOCC1. The molecule has 1 saturated carbocycles. The minimum Gasteiger partial charge on any atom is -0.492 e. The Labute approximate surface area is 328 Å². The quantitative estimate of drug-likeness (QED) is 0.168. The van der Waals surface area contributed by atoms with Gasteiger partial charge in [-0.1, -0.05) is 12.8 Å². The third-order valence-electron chi connectivity index (χ3n) is 9.81. The number of hydrogen-bond acceptors (Lipinski definition) is 10. The minimum atomic E-state index is 0.114. The molecule has 2 aromatic heterocycles. The fourth-order valence-electron chi connectivity index (χ4n) is 6.86. The number of anilines is 2. The van der Waals surface area contributed by atoms with Gasteiger partial charge in [0, 0.05) is 81.8 Å². The molecular formula is C38H50Br2N8O5. The lowest BCUT2D eigenvalue weighted by Gasteiger charge is -2.26. The highest BCUT2D eigenvalue weighted by Crippen LogP contribution is 2.38. The van der Waals surface area contributed by atoms with E-state index in [0.717, 1.165) is 140 Å². The average Bonchev–Trinajstić information content (AvgIpc) is 3.91. The van der Waals surface area contributed by atoms with Crippen molar-refractivity contribution in [2.24, 2.45) is 20.0 Å². The van der Waals surface area contributed by atoms with Crippen molar-refractivity contribution < 1.29 is 23.7 Å². The van der Waals surface area contributed by atoms with Crippen molar-refractivity contribution >= 4 is 49.1 Å². The molecule has 286 valence electrons. The van der Waals surface area contributed by atoms with Crippen LogP contribution in [-0.2, 0) is 28.4 Å². The molecule has 2 aliphatic heterocycles. The number of benzene rings is 2. The third-order valence-corrected chi connectivity index (χ3v) is 11.0. The first-order valence-electron chi connectivity index (χ1n) is 18.3. The maximum atomic E-state index is 12.6. The molecule has 0 radical (unpaired) electrons. The summed E-state index contributed by atoms with van der Waals surface area (Å²) in [5.74, 6) is 1.84. The molecule has 3 fully saturated rings. The molecule has 2 aromatic carbocycles. The summed E-state index contributed by atoms with van der Waals surface area (Å²) < 4.78 is 28.4. The van der Waals surface area contributed by atoms with Crippen molar-refractivity contribution in [3.63, 3.8) is 0 Å².